The number of aliphatic hydroxyl groups is 1. The van der Waals surface area contributed by atoms with E-state index in [0.29, 0.717) is 4.90 Å². The van der Waals surface area contributed by atoms with Crippen LogP contribution in [0.4, 0.5) is 5.69 Å². The molecule has 182 valence electrons. The molecule has 0 radical (unpaired) electrons. The average Bonchev–Trinajstić information content (AvgIpc) is 2.87. The van der Waals surface area contributed by atoms with Gasteiger partial charge in [0.1, 0.15) is 0 Å². The molecule has 5 heteroatoms. The zero-order chi connectivity index (χ0) is 24.2. The Morgan fingerprint density at radius 1 is 1.00 bits per heavy atom. The lowest BCUT2D eigenvalue weighted by Gasteiger charge is -2.40. The van der Waals surface area contributed by atoms with Gasteiger partial charge in [0.2, 0.25) is 0 Å². The molecule has 1 heterocycles. The van der Waals surface area contributed by atoms with Crippen LogP contribution in [0.5, 0.6) is 0 Å². The molecule has 0 unspecified atom stereocenters. The number of sulfone groups is 1. The predicted molar refractivity (Wildman–Crippen MR) is 138 cm³/mol. The molecule has 0 aliphatic carbocycles. The van der Waals surface area contributed by atoms with E-state index in [1.54, 1.807) is 6.07 Å². The van der Waals surface area contributed by atoms with E-state index in [4.69, 9.17) is 0 Å². The number of hydrogen-bond donors (Lipinski definition) is 1. The standard InChI is InChI=1S/C28H41NO3S/c1-6-9-16-28(17-10-7-2)20-33(31,32)25-15-14-23(29(4)5)19-24(25)26(27(28)30)22-13-11-12-21(8-3)18-22/h11-15,18-19,26-27,30H,6-10,16-17,20H2,1-5H3/t26-,27-/m1/s1. The van der Waals surface area contributed by atoms with Crippen molar-refractivity contribution in [3.63, 3.8) is 0 Å². The first kappa shape index (κ1) is 25.8. The van der Waals surface area contributed by atoms with Gasteiger partial charge in [0.25, 0.3) is 0 Å². The van der Waals surface area contributed by atoms with Crippen molar-refractivity contribution < 1.29 is 13.5 Å². The van der Waals surface area contributed by atoms with Gasteiger partial charge >= 0.3 is 0 Å². The number of benzene rings is 2. The maximum absolute atomic E-state index is 13.8. The second-order valence-electron chi connectivity index (χ2n) is 9.97. The van der Waals surface area contributed by atoms with Gasteiger partial charge in [0.05, 0.1) is 16.8 Å². The van der Waals surface area contributed by atoms with Crippen LogP contribution in [0.1, 0.15) is 81.9 Å². The highest BCUT2D eigenvalue weighted by Gasteiger charge is 2.49. The molecule has 0 bridgehead atoms. The van der Waals surface area contributed by atoms with Crippen molar-refractivity contribution in [2.75, 3.05) is 24.7 Å². The number of unbranched alkanes of at least 4 members (excludes halogenated alkanes) is 2. The van der Waals surface area contributed by atoms with Crippen LogP contribution in [-0.2, 0) is 16.3 Å². The fourth-order valence-electron chi connectivity index (χ4n) is 5.40. The molecule has 0 saturated carbocycles. The summed E-state index contributed by atoms with van der Waals surface area (Å²) in [5.74, 6) is -0.364. The summed E-state index contributed by atoms with van der Waals surface area (Å²) in [6, 6.07) is 14.0. The Bertz CT molecular complexity index is 1040. The molecule has 1 aliphatic heterocycles. The van der Waals surface area contributed by atoms with E-state index in [2.05, 4.69) is 39.0 Å². The summed E-state index contributed by atoms with van der Waals surface area (Å²) >= 11 is 0. The Hall–Kier alpha value is -1.85. The minimum Gasteiger partial charge on any atom is -0.392 e. The first-order valence-electron chi connectivity index (χ1n) is 12.5. The number of fused-ring (bicyclic) bond motifs is 1. The lowest BCUT2D eigenvalue weighted by Crippen LogP contribution is -2.43. The monoisotopic (exact) mass is 471 g/mol. The Balaban J connectivity index is 2.32. The molecule has 4 nitrogen and oxygen atoms in total. The van der Waals surface area contributed by atoms with Gasteiger partial charge in [-0.05, 0) is 54.2 Å². The van der Waals surface area contributed by atoms with E-state index in [-0.39, 0.29) is 11.7 Å². The Morgan fingerprint density at radius 2 is 1.67 bits per heavy atom. The molecule has 3 rings (SSSR count). The molecule has 0 saturated heterocycles. The van der Waals surface area contributed by atoms with Crippen molar-refractivity contribution in [3.8, 4) is 0 Å². The molecule has 0 aromatic heterocycles. The minimum absolute atomic E-state index is 0.0133. The van der Waals surface area contributed by atoms with Crippen molar-refractivity contribution in [2.24, 2.45) is 5.41 Å². The highest BCUT2D eigenvalue weighted by molar-refractivity contribution is 7.91. The van der Waals surface area contributed by atoms with Crippen molar-refractivity contribution >= 4 is 15.5 Å². The smallest absolute Gasteiger partial charge is 0.179 e. The van der Waals surface area contributed by atoms with Gasteiger partial charge in [-0.1, -0.05) is 70.7 Å². The van der Waals surface area contributed by atoms with Crippen LogP contribution in [0, 0.1) is 5.41 Å². The summed E-state index contributed by atoms with van der Waals surface area (Å²) < 4.78 is 27.7. The van der Waals surface area contributed by atoms with E-state index < -0.39 is 21.4 Å². The highest BCUT2D eigenvalue weighted by atomic mass is 32.2. The minimum atomic E-state index is -3.56. The van der Waals surface area contributed by atoms with Crippen LogP contribution in [0.3, 0.4) is 0 Å². The number of rotatable bonds is 9. The molecular weight excluding hydrogens is 430 g/mol. The van der Waals surface area contributed by atoms with Crippen molar-refractivity contribution in [2.45, 2.75) is 82.6 Å². The van der Waals surface area contributed by atoms with Crippen molar-refractivity contribution in [3.05, 3.63) is 59.2 Å². The number of hydrogen-bond acceptors (Lipinski definition) is 4. The third-order valence-electron chi connectivity index (χ3n) is 7.38. The molecule has 0 fully saturated rings. The third kappa shape index (κ3) is 5.30. The molecular formula is C28H41NO3S. The molecule has 2 atom stereocenters. The summed E-state index contributed by atoms with van der Waals surface area (Å²) in [6.45, 7) is 6.38. The van der Waals surface area contributed by atoms with Crippen molar-refractivity contribution in [1.29, 1.82) is 0 Å². The fraction of sp³-hybridized carbons (Fsp3) is 0.571. The van der Waals surface area contributed by atoms with E-state index in [9.17, 15) is 13.5 Å². The quantitative estimate of drug-likeness (QED) is 0.490. The summed E-state index contributed by atoms with van der Waals surface area (Å²) in [5.41, 5.74) is 3.23. The number of aliphatic hydroxyl groups excluding tert-OH is 1. The van der Waals surface area contributed by atoms with E-state index in [0.717, 1.165) is 61.8 Å². The van der Waals surface area contributed by atoms with Gasteiger partial charge < -0.3 is 10.0 Å². The van der Waals surface area contributed by atoms with Gasteiger partial charge in [0, 0.05) is 31.1 Å². The lowest BCUT2D eigenvalue weighted by molar-refractivity contribution is 0.0127. The zero-order valence-corrected chi connectivity index (χ0v) is 21.8. The van der Waals surface area contributed by atoms with Gasteiger partial charge in [-0.15, -0.1) is 0 Å². The van der Waals surface area contributed by atoms with E-state index >= 15 is 0 Å². The first-order valence-corrected chi connectivity index (χ1v) is 14.1. The SMILES string of the molecule is CCCCC1(CCCC)CS(=O)(=O)c2ccc(N(C)C)cc2[C@@H](c2cccc(CC)c2)[C@H]1O. The molecule has 2 aromatic rings. The van der Waals surface area contributed by atoms with E-state index in [1.165, 1.54) is 5.56 Å². The molecule has 0 amide bonds. The molecule has 33 heavy (non-hydrogen) atoms. The van der Waals surface area contributed by atoms with Gasteiger partial charge in [-0.2, -0.15) is 0 Å². The topological polar surface area (TPSA) is 57.6 Å². The van der Waals surface area contributed by atoms with Crippen LogP contribution in [0.2, 0.25) is 0 Å². The zero-order valence-electron chi connectivity index (χ0n) is 21.0. The van der Waals surface area contributed by atoms with Crippen LogP contribution in [0.15, 0.2) is 47.4 Å². The van der Waals surface area contributed by atoms with Gasteiger partial charge in [-0.3, -0.25) is 0 Å². The van der Waals surface area contributed by atoms with Gasteiger partial charge in [0.15, 0.2) is 9.84 Å². The lowest BCUT2D eigenvalue weighted by atomic mass is 9.68. The number of aryl methyl sites for hydroxylation is 1. The Kier molecular flexibility index (Phi) is 8.28. The molecule has 0 spiro atoms. The van der Waals surface area contributed by atoms with Crippen molar-refractivity contribution in [1.82, 2.24) is 0 Å². The first-order chi connectivity index (χ1) is 15.7. The average molecular weight is 472 g/mol. The van der Waals surface area contributed by atoms with Crippen LogP contribution in [-0.4, -0.2) is 39.5 Å². The predicted octanol–water partition coefficient (Wildman–Crippen LogP) is 5.96. The van der Waals surface area contributed by atoms with Crippen LogP contribution >= 0.6 is 0 Å². The summed E-state index contributed by atoms with van der Waals surface area (Å²) in [7, 11) is 0.365. The normalized spacial score (nSPS) is 21.3. The maximum atomic E-state index is 13.8. The Morgan fingerprint density at radius 3 is 2.24 bits per heavy atom. The second-order valence-corrected chi connectivity index (χ2v) is 11.9. The van der Waals surface area contributed by atoms with Crippen LogP contribution < -0.4 is 4.90 Å². The summed E-state index contributed by atoms with van der Waals surface area (Å²) in [4.78, 5) is 2.37. The largest absolute Gasteiger partial charge is 0.392 e. The molecule has 2 aromatic carbocycles. The Labute approximate surface area is 201 Å². The summed E-state index contributed by atoms with van der Waals surface area (Å²) in [5, 5.41) is 12.2. The third-order valence-corrected chi connectivity index (χ3v) is 9.37. The van der Waals surface area contributed by atoms with E-state index in [1.807, 2.05) is 37.2 Å². The number of nitrogens with zero attached hydrogens (tertiary/aromatic N) is 1. The molecule has 1 aliphatic rings. The summed E-state index contributed by atoms with van der Waals surface area (Å²) in [6.07, 6.45) is 5.37. The number of anilines is 1. The highest BCUT2D eigenvalue weighted by Crippen LogP contribution is 2.50. The fourth-order valence-corrected chi connectivity index (χ4v) is 7.59. The molecule has 1 N–H and O–H groups in total. The van der Waals surface area contributed by atoms with Gasteiger partial charge in [-0.25, -0.2) is 8.42 Å². The maximum Gasteiger partial charge on any atom is 0.179 e. The second kappa shape index (κ2) is 10.6. The van der Waals surface area contributed by atoms with Crippen LogP contribution in [0.25, 0.3) is 0 Å².